The van der Waals surface area contributed by atoms with E-state index in [-0.39, 0.29) is 10.7 Å². The lowest BCUT2D eigenvalue weighted by molar-refractivity contribution is 0.0971. The van der Waals surface area contributed by atoms with E-state index in [4.69, 9.17) is 4.42 Å². The van der Waals surface area contributed by atoms with Gasteiger partial charge in [0.1, 0.15) is 11.3 Å². The molecule has 0 atom stereocenters. The molecule has 0 unspecified atom stereocenters. The van der Waals surface area contributed by atoms with Crippen LogP contribution in [0.5, 0.6) is 0 Å². The third-order valence-corrected chi connectivity index (χ3v) is 7.13. The number of carbonyl (C=O) groups is 1. The van der Waals surface area contributed by atoms with Crippen LogP contribution in [0.15, 0.2) is 68.4 Å². The molecule has 1 aliphatic carbocycles. The summed E-state index contributed by atoms with van der Waals surface area (Å²) in [5, 5.41) is 2.16. The monoisotopic (exact) mass is 469 g/mol. The second kappa shape index (κ2) is 6.71. The summed E-state index contributed by atoms with van der Waals surface area (Å²) in [6, 6.07) is 15.6. The molecule has 29 heavy (non-hydrogen) atoms. The Morgan fingerprint density at radius 1 is 0.931 bits per heavy atom. The highest BCUT2D eigenvalue weighted by atomic mass is 79.9. The van der Waals surface area contributed by atoms with Gasteiger partial charge in [-0.2, -0.15) is 0 Å². The molecular formula is C22H16BrNO4S. The maximum Gasteiger partial charge on any atom is 0.261 e. The minimum atomic E-state index is -3.79. The van der Waals surface area contributed by atoms with E-state index in [1.165, 1.54) is 12.1 Å². The number of fused-ring (bicyclic) bond motifs is 5. The first-order valence-electron chi connectivity index (χ1n) is 9.23. The number of anilines is 1. The van der Waals surface area contributed by atoms with Gasteiger partial charge < -0.3 is 4.42 Å². The van der Waals surface area contributed by atoms with Crippen molar-refractivity contribution in [1.29, 1.82) is 0 Å². The summed E-state index contributed by atoms with van der Waals surface area (Å²) in [7, 11) is -3.79. The van der Waals surface area contributed by atoms with Gasteiger partial charge in [-0.15, -0.1) is 0 Å². The molecule has 0 saturated heterocycles. The van der Waals surface area contributed by atoms with Crippen LogP contribution in [0.25, 0.3) is 21.7 Å². The molecule has 0 fully saturated rings. The first-order valence-corrected chi connectivity index (χ1v) is 11.5. The highest BCUT2D eigenvalue weighted by Crippen LogP contribution is 2.39. The summed E-state index contributed by atoms with van der Waals surface area (Å²) < 4.78 is 35.5. The van der Waals surface area contributed by atoms with Gasteiger partial charge in [0.25, 0.3) is 10.0 Å². The van der Waals surface area contributed by atoms with E-state index in [1.807, 2.05) is 24.3 Å². The highest BCUT2D eigenvalue weighted by molar-refractivity contribution is 9.10. The molecule has 0 spiro atoms. The van der Waals surface area contributed by atoms with Crippen molar-refractivity contribution in [1.82, 2.24) is 0 Å². The standard InChI is InChI=1S/C22H16BrNO4S/c23-13-8-10-14(11-9-13)29(26,27)24-18-12-17-21-19(25)6-3-7-20(21)28-22(17)16-5-2-1-4-15(16)18/h1-2,4-5,8-12,24H,3,6-7H2. The third-order valence-electron chi connectivity index (χ3n) is 5.22. The predicted octanol–water partition coefficient (Wildman–Crippen LogP) is 5.67. The van der Waals surface area contributed by atoms with Crippen molar-refractivity contribution in [2.24, 2.45) is 0 Å². The van der Waals surface area contributed by atoms with E-state index in [9.17, 15) is 13.2 Å². The largest absolute Gasteiger partial charge is 0.460 e. The van der Waals surface area contributed by atoms with Gasteiger partial charge in [0.2, 0.25) is 0 Å². The quantitative estimate of drug-likeness (QED) is 0.419. The number of furan rings is 1. The van der Waals surface area contributed by atoms with E-state index in [0.29, 0.717) is 40.8 Å². The van der Waals surface area contributed by atoms with E-state index < -0.39 is 10.0 Å². The molecule has 4 aromatic rings. The molecule has 0 aliphatic heterocycles. The van der Waals surface area contributed by atoms with Crippen LogP contribution in [0.1, 0.15) is 29.0 Å². The van der Waals surface area contributed by atoms with Crippen molar-refractivity contribution in [3.63, 3.8) is 0 Å². The lowest BCUT2D eigenvalue weighted by Crippen LogP contribution is -2.13. The zero-order valence-corrected chi connectivity index (χ0v) is 17.6. The summed E-state index contributed by atoms with van der Waals surface area (Å²) >= 11 is 3.32. The second-order valence-corrected chi connectivity index (χ2v) is 9.68. The Morgan fingerprint density at radius 2 is 1.66 bits per heavy atom. The van der Waals surface area contributed by atoms with E-state index in [2.05, 4.69) is 20.7 Å². The van der Waals surface area contributed by atoms with Gasteiger partial charge in [0.15, 0.2) is 5.78 Å². The van der Waals surface area contributed by atoms with Crippen LogP contribution in [-0.2, 0) is 16.4 Å². The SMILES string of the molecule is O=C1CCCc2oc3c(cc(NS(=O)(=O)c4ccc(Br)cc4)c4ccccc43)c21. The Balaban J connectivity index is 1.73. The molecule has 7 heteroatoms. The molecule has 3 aromatic carbocycles. The van der Waals surface area contributed by atoms with Gasteiger partial charge in [-0.25, -0.2) is 8.42 Å². The fourth-order valence-corrected chi connectivity index (χ4v) is 5.22. The van der Waals surface area contributed by atoms with Crippen LogP contribution < -0.4 is 4.72 Å². The van der Waals surface area contributed by atoms with E-state index in [1.54, 1.807) is 18.2 Å². The van der Waals surface area contributed by atoms with Gasteiger partial charge in [-0.05, 0) is 36.8 Å². The molecule has 5 nitrogen and oxygen atoms in total. The number of ketones is 1. The number of aryl methyl sites for hydroxylation is 1. The molecule has 5 rings (SSSR count). The molecule has 1 N–H and O–H groups in total. The molecule has 0 amide bonds. The zero-order valence-electron chi connectivity index (χ0n) is 15.2. The van der Waals surface area contributed by atoms with Gasteiger partial charge >= 0.3 is 0 Å². The number of Topliss-reactive ketones (excluding diaryl/α,β-unsaturated/α-hetero) is 1. The lowest BCUT2D eigenvalue weighted by Gasteiger charge is -2.12. The van der Waals surface area contributed by atoms with Gasteiger partial charge in [-0.3, -0.25) is 9.52 Å². The van der Waals surface area contributed by atoms with Crippen molar-refractivity contribution < 1.29 is 17.6 Å². The van der Waals surface area contributed by atoms with Crippen LogP contribution in [-0.4, -0.2) is 14.2 Å². The Kier molecular flexibility index (Phi) is 4.26. The summed E-state index contributed by atoms with van der Waals surface area (Å²) in [5.41, 5.74) is 1.64. The second-order valence-electron chi connectivity index (χ2n) is 7.08. The minimum Gasteiger partial charge on any atom is -0.460 e. The average molecular weight is 470 g/mol. The number of nitrogens with one attached hydrogen (secondary N) is 1. The predicted molar refractivity (Wildman–Crippen MR) is 116 cm³/mol. The molecule has 0 radical (unpaired) electrons. The highest BCUT2D eigenvalue weighted by Gasteiger charge is 2.27. The van der Waals surface area contributed by atoms with Crippen molar-refractivity contribution in [3.05, 3.63) is 70.4 Å². The summed E-state index contributed by atoms with van der Waals surface area (Å²) in [6.07, 6.45) is 1.96. The van der Waals surface area contributed by atoms with Crippen LogP contribution in [0, 0.1) is 0 Å². The van der Waals surface area contributed by atoms with Crippen molar-refractivity contribution in [2.75, 3.05) is 4.72 Å². The number of benzene rings is 3. The van der Waals surface area contributed by atoms with E-state index >= 15 is 0 Å². The number of halogens is 1. The molecule has 0 saturated carbocycles. The van der Waals surface area contributed by atoms with Crippen LogP contribution in [0.3, 0.4) is 0 Å². The van der Waals surface area contributed by atoms with Crippen molar-refractivity contribution in [2.45, 2.75) is 24.2 Å². The number of sulfonamides is 1. The van der Waals surface area contributed by atoms with E-state index in [0.717, 1.165) is 21.7 Å². The molecule has 0 bridgehead atoms. The third kappa shape index (κ3) is 3.05. The van der Waals surface area contributed by atoms with Crippen molar-refractivity contribution >= 4 is 59.2 Å². The summed E-state index contributed by atoms with van der Waals surface area (Å²) in [6.45, 7) is 0. The van der Waals surface area contributed by atoms with Gasteiger partial charge in [0.05, 0.1) is 16.1 Å². The fraction of sp³-hybridized carbons (Fsp3) is 0.136. The first-order chi connectivity index (χ1) is 13.9. The fourth-order valence-electron chi connectivity index (χ4n) is 3.89. The Hall–Kier alpha value is -2.64. The summed E-state index contributed by atoms with van der Waals surface area (Å²) in [5.74, 6) is 0.733. The van der Waals surface area contributed by atoms with Gasteiger partial charge in [0, 0.05) is 33.5 Å². The normalized spacial score (nSPS) is 14.3. The number of hydrogen-bond donors (Lipinski definition) is 1. The van der Waals surface area contributed by atoms with Crippen LogP contribution >= 0.6 is 15.9 Å². The summed E-state index contributed by atoms with van der Waals surface area (Å²) in [4.78, 5) is 12.7. The molecule has 146 valence electrons. The number of hydrogen-bond acceptors (Lipinski definition) is 4. The minimum absolute atomic E-state index is 0.0435. The van der Waals surface area contributed by atoms with Crippen LogP contribution in [0.2, 0.25) is 0 Å². The maximum absolute atomic E-state index is 13.0. The topological polar surface area (TPSA) is 76.4 Å². The Morgan fingerprint density at radius 3 is 2.41 bits per heavy atom. The number of carbonyl (C=O) groups excluding carboxylic acids is 1. The Bertz CT molecular complexity index is 1390. The lowest BCUT2D eigenvalue weighted by atomic mass is 9.93. The molecule has 1 heterocycles. The van der Waals surface area contributed by atoms with Crippen molar-refractivity contribution in [3.8, 4) is 0 Å². The smallest absolute Gasteiger partial charge is 0.261 e. The average Bonchev–Trinajstić information content (AvgIpc) is 3.08. The zero-order chi connectivity index (χ0) is 20.2. The van der Waals surface area contributed by atoms with Crippen LogP contribution in [0.4, 0.5) is 5.69 Å². The molecule has 1 aliphatic rings. The number of rotatable bonds is 3. The molecule has 1 aromatic heterocycles. The first kappa shape index (κ1) is 18.4. The molecular weight excluding hydrogens is 454 g/mol. The maximum atomic E-state index is 13.0. The van der Waals surface area contributed by atoms with Gasteiger partial charge in [-0.1, -0.05) is 40.2 Å². The Labute approximate surface area is 175 Å².